The standard InChI is InChI=1S/C11H15F3N2O2S/c1-19(17,18)6-2-5-16-10-4-3-8(15)7-9(10)11(12,13)14/h3-4,7,16H,2,5-6,15H2,1H3. The molecule has 0 amide bonds. The Morgan fingerprint density at radius 2 is 1.95 bits per heavy atom. The van der Waals surface area contributed by atoms with Crippen LogP contribution in [-0.2, 0) is 16.0 Å². The number of sulfone groups is 1. The fraction of sp³-hybridized carbons (Fsp3) is 0.455. The summed E-state index contributed by atoms with van der Waals surface area (Å²) in [5.41, 5.74) is 4.39. The van der Waals surface area contributed by atoms with Crippen LogP contribution in [0.25, 0.3) is 0 Å². The summed E-state index contributed by atoms with van der Waals surface area (Å²) in [4.78, 5) is 0. The largest absolute Gasteiger partial charge is 0.418 e. The van der Waals surface area contributed by atoms with E-state index in [9.17, 15) is 21.6 Å². The molecule has 0 saturated carbocycles. The monoisotopic (exact) mass is 296 g/mol. The van der Waals surface area contributed by atoms with Crippen molar-refractivity contribution in [1.82, 2.24) is 0 Å². The number of hydrogen-bond acceptors (Lipinski definition) is 4. The van der Waals surface area contributed by atoms with Crippen LogP contribution in [0.1, 0.15) is 12.0 Å². The maximum absolute atomic E-state index is 12.7. The van der Waals surface area contributed by atoms with Crippen LogP contribution >= 0.6 is 0 Å². The lowest BCUT2D eigenvalue weighted by atomic mass is 10.1. The van der Waals surface area contributed by atoms with Crippen molar-refractivity contribution in [2.24, 2.45) is 0 Å². The Bertz CT molecular complexity index is 541. The number of alkyl halides is 3. The number of nitrogens with two attached hydrogens (primary N) is 1. The van der Waals surface area contributed by atoms with Gasteiger partial charge in [-0.05, 0) is 24.6 Å². The van der Waals surface area contributed by atoms with Crippen molar-refractivity contribution >= 4 is 21.2 Å². The van der Waals surface area contributed by atoms with Gasteiger partial charge in [0.2, 0.25) is 0 Å². The molecule has 0 unspecified atom stereocenters. The molecule has 0 aromatic heterocycles. The third-order valence-corrected chi connectivity index (χ3v) is 3.39. The maximum atomic E-state index is 12.7. The van der Waals surface area contributed by atoms with E-state index in [1.807, 2.05) is 0 Å². The molecule has 3 N–H and O–H groups in total. The molecule has 1 rings (SSSR count). The van der Waals surface area contributed by atoms with Gasteiger partial charge in [0.1, 0.15) is 9.84 Å². The van der Waals surface area contributed by atoms with Crippen LogP contribution in [-0.4, -0.2) is 27.0 Å². The van der Waals surface area contributed by atoms with E-state index >= 15 is 0 Å². The minimum absolute atomic E-state index is 0.0222. The van der Waals surface area contributed by atoms with Gasteiger partial charge in [-0.3, -0.25) is 0 Å². The summed E-state index contributed by atoms with van der Waals surface area (Å²) in [6.07, 6.45) is -3.19. The molecule has 0 saturated heterocycles. The third-order valence-electron chi connectivity index (χ3n) is 2.36. The van der Waals surface area contributed by atoms with Crippen molar-refractivity contribution in [2.75, 3.05) is 29.6 Å². The van der Waals surface area contributed by atoms with Gasteiger partial charge in [0.15, 0.2) is 0 Å². The molecule has 0 atom stereocenters. The first-order valence-electron chi connectivity index (χ1n) is 5.48. The van der Waals surface area contributed by atoms with Gasteiger partial charge >= 0.3 is 6.18 Å². The Morgan fingerprint density at radius 3 is 2.47 bits per heavy atom. The molecule has 0 aliphatic rings. The van der Waals surface area contributed by atoms with E-state index < -0.39 is 21.6 Å². The summed E-state index contributed by atoms with van der Waals surface area (Å²) in [6, 6.07) is 3.44. The van der Waals surface area contributed by atoms with E-state index in [1.54, 1.807) is 0 Å². The van der Waals surface area contributed by atoms with Gasteiger partial charge in [0.25, 0.3) is 0 Å². The molecule has 4 nitrogen and oxygen atoms in total. The molecule has 0 aliphatic heterocycles. The normalized spacial score (nSPS) is 12.4. The summed E-state index contributed by atoms with van der Waals surface area (Å²) in [5.74, 6) is -0.0731. The molecule has 0 spiro atoms. The van der Waals surface area contributed by atoms with E-state index in [4.69, 9.17) is 5.73 Å². The first-order chi connectivity index (χ1) is 8.59. The van der Waals surface area contributed by atoms with Crippen LogP contribution in [0, 0.1) is 0 Å². The molecule has 19 heavy (non-hydrogen) atoms. The highest BCUT2D eigenvalue weighted by molar-refractivity contribution is 7.90. The minimum Gasteiger partial charge on any atom is -0.399 e. The van der Waals surface area contributed by atoms with Crippen molar-refractivity contribution in [1.29, 1.82) is 0 Å². The molecule has 0 aliphatic carbocycles. The second-order valence-electron chi connectivity index (χ2n) is 4.21. The summed E-state index contributed by atoms with van der Waals surface area (Å²) in [6.45, 7) is 0.139. The van der Waals surface area contributed by atoms with E-state index in [-0.39, 0.29) is 30.1 Å². The topological polar surface area (TPSA) is 72.2 Å². The highest BCUT2D eigenvalue weighted by Gasteiger charge is 2.33. The zero-order valence-corrected chi connectivity index (χ0v) is 11.1. The SMILES string of the molecule is CS(=O)(=O)CCCNc1ccc(N)cc1C(F)(F)F. The Kier molecular flexibility index (Phi) is 4.67. The van der Waals surface area contributed by atoms with Crippen LogP contribution in [0.15, 0.2) is 18.2 Å². The number of rotatable bonds is 5. The summed E-state index contributed by atoms with van der Waals surface area (Å²) in [5, 5.41) is 2.58. The predicted molar refractivity (Wildman–Crippen MR) is 68.7 cm³/mol. The quantitative estimate of drug-likeness (QED) is 0.645. The second-order valence-corrected chi connectivity index (χ2v) is 6.47. The first-order valence-corrected chi connectivity index (χ1v) is 7.54. The number of halogens is 3. The molecule has 0 radical (unpaired) electrons. The third kappa shape index (κ3) is 5.37. The molecular weight excluding hydrogens is 281 g/mol. The zero-order valence-electron chi connectivity index (χ0n) is 10.3. The summed E-state index contributed by atoms with van der Waals surface area (Å²) < 4.78 is 60.0. The fourth-order valence-electron chi connectivity index (χ4n) is 1.51. The van der Waals surface area contributed by atoms with E-state index in [2.05, 4.69) is 5.32 Å². The lowest BCUT2D eigenvalue weighted by molar-refractivity contribution is -0.136. The Balaban J connectivity index is 2.73. The second kappa shape index (κ2) is 5.68. The van der Waals surface area contributed by atoms with Crippen LogP contribution < -0.4 is 11.1 Å². The predicted octanol–water partition coefficient (Wildman–Crippen LogP) is 2.13. The Morgan fingerprint density at radius 1 is 1.32 bits per heavy atom. The van der Waals surface area contributed by atoms with Crippen LogP contribution in [0.2, 0.25) is 0 Å². The molecule has 1 aromatic carbocycles. The average Bonchev–Trinajstić information content (AvgIpc) is 2.23. The lowest BCUT2D eigenvalue weighted by Gasteiger charge is -2.15. The molecule has 0 heterocycles. The Labute approximate surface area is 109 Å². The van der Waals surface area contributed by atoms with Crippen LogP contribution in [0.4, 0.5) is 24.5 Å². The first kappa shape index (κ1) is 15.6. The molecule has 0 fully saturated rings. The molecular formula is C11H15F3N2O2S. The maximum Gasteiger partial charge on any atom is 0.418 e. The van der Waals surface area contributed by atoms with Gasteiger partial charge in [0, 0.05) is 24.2 Å². The molecule has 8 heteroatoms. The zero-order chi connectivity index (χ0) is 14.7. The van der Waals surface area contributed by atoms with Crippen molar-refractivity contribution in [3.8, 4) is 0 Å². The van der Waals surface area contributed by atoms with Gasteiger partial charge in [-0.15, -0.1) is 0 Å². The summed E-state index contributed by atoms with van der Waals surface area (Å²) >= 11 is 0. The number of hydrogen-bond donors (Lipinski definition) is 2. The van der Waals surface area contributed by atoms with Gasteiger partial charge in [-0.25, -0.2) is 8.42 Å². The van der Waals surface area contributed by atoms with Gasteiger partial charge in [-0.1, -0.05) is 0 Å². The molecule has 108 valence electrons. The van der Waals surface area contributed by atoms with Crippen molar-refractivity contribution in [3.63, 3.8) is 0 Å². The smallest absolute Gasteiger partial charge is 0.399 e. The van der Waals surface area contributed by atoms with E-state index in [0.717, 1.165) is 12.3 Å². The van der Waals surface area contributed by atoms with Crippen LogP contribution in [0.3, 0.4) is 0 Å². The highest BCUT2D eigenvalue weighted by atomic mass is 32.2. The Hall–Kier alpha value is -1.44. The minimum atomic E-state index is -4.51. The number of anilines is 2. The van der Waals surface area contributed by atoms with E-state index in [1.165, 1.54) is 12.1 Å². The molecule has 0 bridgehead atoms. The average molecular weight is 296 g/mol. The summed E-state index contributed by atoms with van der Waals surface area (Å²) in [7, 11) is -3.11. The highest BCUT2D eigenvalue weighted by Crippen LogP contribution is 2.35. The van der Waals surface area contributed by atoms with E-state index in [0.29, 0.717) is 0 Å². The van der Waals surface area contributed by atoms with Gasteiger partial charge in [-0.2, -0.15) is 13.2 Å². The number of nitrogens with one attached hydrogen (secondary N) is 1. The van der Waals surface area contributed by atoms with Gasteiger partial charge < -0.3 is 11.1 Å². The number of benzene rings is 1. The fourth-order valence-corrected chi connectivity index (χ4v) is 2.18. The van der Waals surface area contributed by atoms with Gasteiger partial charge in [0.05, 0.1) is 11.3 Å². The van der Waals surface area contributed by atoms with Crippen LogP contribution in [0.5, 0.6) is 0 Å². The number of nitrogen functional groups attached to an aromatic ring is 1. The van der Waals surface area contributed by atoms with Crippen molar-refractivity contribution < 1.29 is 21.6 Å². The lowest BCUT2D eigenvalue weighted by Crippen LogP contribution is -2.14. The molecule has 1 aromatic rings. The van der Waals surface area contributed by atoms with Crippen molar-refractivity contribution in [2.45, 2.75) is 12.6 Å². The van der Waals surface area contributed by atoms with Crippen molar-refractivity contribution in [3.05, 3.63) is 23.8 Å².